The summed E-state index contributed by atoms with van der Waals surface area (Å²) < 4.78 is 17.2. The first kappa shape index (κ1) is 49.3. The molecule has 22 nitrogen and oxygen atoms in total. The van der Waals surface area contributed by atoms with E-state index in [9.17, 15) is 54.9 Å². The number of methoxy groups -OCH3 is 1. The number of hydrogen-bond acceptors (Lipinski definition) is 19. The minimum absolute atomic E-state index is 0.00836. The third-order valence-electron chi connectivity index (χ3n) is 12.9. The fraction of sp³-hybridized carbons (Fsp3) is 0.413. The number of phenolic OH excluding ortho intramolecular Hbond substituents is 1. The molecule has 8 atom stereocenters. The Hall–Kier alpha value is -6.63. The van der Waals surface area contributed by atoms with Gasteiger partial charge >= 0.3 is 0 Å². The van der Waals surface area contributed by atoms with Crippen molar-refractivity contribution in [3.8, 4) is 17.2 Å². The first-order valence-electron chi connectivity index (χ1n) is 21.7. The number of ketones is 2. The molecule has 0 aromatic heterocycles. The summed E-state index contributed by atoms with van der Waals surface area (Å²) in [7, 11) is 2.71. The number of hydrogen-bond donors (Lipinski definition) is 13. The highest BCUT2D eigenvalue weighted by Crippen LogP contribution is 2.46. The fourth-order valence-electron chi connectivity index (χ4n) is 9.10. The summed E-state index contributed by atoms with van der Waals surface area (Å²) in [6, 6.07) is 3.93. The van der Waals surface area contributed by atoms with Crippen LogP contribution >= 0.6 is 0 Å². The summed E-state index contributed by atoms with van der Waals surface area (Å²) >= 11 is 0. The maximum absolute atomic E-state index is 14.8. The van der Waals surface area contributed by atoms with Crippen molar-refractivity contribution in [3.63, 3.8) is 0 Å². The Bertz CT molecular complexity index is 2540. The smallest absolute Gasteiger partial charge is 0.253 e. The van der Waals surface area contributed by atoms with Gasteiger partial charge < -0.3 is 83.1 Å². The molecule has 2 amide bonds. The van der Waals surface area contributed by atoms with E-state index >= 15 is 0 Å². The molecule has 0 radical (unpaired) electrons. The van der Waals surface area contributed by atoms with Gasteiger partial charge in [-0.05, 0) is 72.6 Å². The van der Waals surface area contributed by atoms with E-state index in [1.807, 2.05) is 6.08 Å². The molecule has 68 heavy (non-hydrogen) atoms. The molecular formula is C46H56N8O14. The Morgan fingerprint density at radius 2 is 1.75 bits per heavy atom. The number of nitrogens with zero attached hydrogens (tertiary/aromatic N) is 2. The zero-order chi connectivity index (χ0) is 49.2. The molecule has 1 fully saturated rings. The minimum atomic E-state index is -3.15. The van der Waals surface area contributed by atoms with Gasteiger partial charge in [0.2, 0.25) is 17.9 Å². The van der Waals surface area contributed by atoms with Gasteiger partial charge in [0.1, 0.15) is 41.7 Å². The third-order valence-corrected chi connectivity index (χ3v) is 12.9. The number of dihydropyridines is 2. The number of nitrogens with one attached hydrogen (secondary N) is 3. The SMILES string of the molecule is CN=C(N)NCc1c(C[C@H](CCCO)C2=CNC(N)C=C2)cc2c(c1O)C(=O)c1c(O[C@@H]3O[C@](O)(CO)[C@](O)(C[C@H](CN4C(=O)C=CC4=O)C4=CCNC(N)=C4)[C@H](O)[C@H]3O)cc(OC)cc1C2=O. The number of imide groups is 1. The van der Waals surface area contributed by atoms with Crippen LogP contribution in [-0.2, 0) is 27.3 Å². The van der Waals surface area contributed by atoms with Gasteiger partial charge in [-0.2, -0.15) is 0 Å². The largest absolute Gasteiger partial charge is 0.507 e. The molecule has 2 aromatic carbocycles. The maximum Gasteiger partial charge on any atom is 0.253 e. The van der Waals surface area contributed by atoms with Crippen LogP contribution in [0.2, 0.25) is 0 Å². The van der Waals surface area contributed by atoms with Crippen molar-refractivity contribution >= 4 is 29.3 Å². The Morgan fingerprint density at radius 1 is 1.03 bits per heavy atom. The summed E-state index contributed by atoms with van der Waals surface area (Å²) in [5.74, 6) is -8.39. The van der Waals surface area contributed by atoms with Crippen molar-refractivity contribution in [2.24, 2.45) is 34.0 Å². The predicted molar refractivity (Wildman–Crippen MR) is 241 cm³/mol. The normalized spacial score (nSPS) is 26.5. The molecule has 0 bridgehead atoms. The van der Waals surface area contributed by atoms with Crippen LogP contribution in [0.3, 0.4) is 0 Å². The van der Waals surface area contributed by atoms with Gasteiger partial charge in [-0.3, -0.25) is 29.1 Å². The lowest BCUT2D eigenvalue weighted by Gasteiger charge is -2.53. The van der Waals surface area contributed by atoms with E-state index in [1.54, 1.807) is 18.4 Å². The first-order chi connectivity index (χ1) is 32.4. The highest BCUT2D eigenvalue weighted by molar-refractivity contribution is 6.30. The molecule has 22 heteroatoms. The number of amides is 2. The number of guanidine groups is 1. The van der Waals surface area contributed by atoms with Crippen LogP contribution in [0.5, 0.6) is 17.2 Å². The summed E-state index contributed by atoms with van der Waals surface area (Å²) in [5.41, 5.74) is 15.6. The average molecular weight is 945 g/mol. The highest BCUT2D eigenvalue weighted by atomic mass is 16.8. The van der Waals surface area contributed by atoms with Crippen LogP contribution < -0.4 is 42.6 Å². The summed E-state index contributed by atoms with van der Waals surface area (Å²) in [6.07, 6.45) is 3.69. The quantitative estimate of drug-likeness (QED) is 0.0381. The zero-order valence-electron chi connectivity index (χ0n) is 37.2. The number of phenols is 1. The predicted octanol–water partition coefficient (Wildman–Crippen LogP) is -2.40. The van der Waals surface area contributed by atoms with Crippen LogP contribution in [0, 0.1) is 11.8 Å². The number of nitrogens with two attached hydrogens (primary N) is 3. The molecule has 4 heterocycles. The molecule has 4 aliphatic heterocycles. The monoisotopic (exact) mass is 944 g/mol. The molecule has 364 valence electrons. The van der Waals surface area contributed by atoms with Crippen molar-refractivity contribution < 1.29 is 69.1 Å². The van der Waals surface area contributed by atoms with Crippen LogP contribution in [0.1, 0.15) is 62.2 Å². The molecule has 1 saturated heterocycles. The van der Waals surface area contributed by atoms with E-state index < -0.39 is 108 Å². The van der Waals surface area contributed by atoms with E-state index in [-0.39, 0.29) is 66.3 Å². The van der Waals surface area contributed by atoms with Gasteiger partial charge in [0.15, 0.2) is 11.7 Å². The molecule has 0 saturated carbocycles. The maximum atomic E-state index is 14.8. The second-order valence-corrected chi connectivity index (χ2v) is 17.0. The summed E-state index contributed by atoms with van der Waals surface area (Å²) in [6.45, 7) is -1.86. The van der Waals surface area contributed by atoms with Crippen molar-refractivity contribution in [1.29, 1.82) is 0 Å². The Morgan fingerprint density at radius 3 is 2.38 bits per heavy atom. The Balaban J connectivity index is 1.25. The van der Waals surface area contributed by atoms with Crippen LogP contribution in [0.15, 0.2) is 82.8 Å². The van der Waals surface area contributed by atoms with Crippen molar-refractivity contribution in [2.45, 2.75) is 68.3 Å². The minimum Gasteiger partial charge on any atom is -0.507 e. The number of carbonyl (C=O) groups is 4. The lowest BCUT2D eigenvalue weighted by atomic mass is 9.73. The molecule has 16 N–H and O–H groups in total. The number of benzene rings is 2. The molecule has 1 aliphatic carbocycles. The van der Waals surface area contributed by atoms with Crippen LogP contribution in [0.25, 0.3) is 0 Å². The molecule has 2 aromatic rings. The lowest BCUT2D eigenvalue weighted by molar-refractivity contribution is -0.420. The van der Waals surface area contributed by atoms with Crippen LogP contribution in [-0.4, -0.2) is 146 Å². The lowest BCUT2D eigenvalue weighted by Crippen LogP contribution is -2.75. The Labute approximate surface area is 389 Å². The highest BCUT2D eigenvalue weighted by Gasteiger charge is 2.65. The van der Waals surface area contributed by atoms with Crippen molar-refractivity contribution in [3.05, 3.63) is 111 Å². The number of aliphatic hydroxyl groups is 6. The summed E-state index contributed by atoms with van der Waals surface area (Å²) in [5, 5.41) is 88.9. The summed E-state index contributed by atoms with van der Waals surface area (Å²) in [4.78, 5) is 59.5. The molecule has 1 unspecified atom stereocenters. The number of aliphatic hydroxyl groups excluding tert-OH is 4. The van der Waals surface area contributed by atoms with Crippen molar-refractivity contribution in [2.75, 3.05) is 40.5 Å². The molecular weight excluding hydrogens is 889 g/mol. The van der Waals surface area contributed by atoms with Gasteiger partial charge in [0, 0.05) is 80.3 Å². The number of aromatic hydroxyl groups is 1. The fourth-order valence-corrected chi connectivity index (χ4v) is 9.10. The second kappa shape index (κ2) is 19.9. The number of carbonyl (C=O) groups excluding carboxylic acids is 4. The Kier molecular flexibility index (Phi) is 14.4. The van der Waals surface area contributed by atoms with Gasteiger partial charge in [0.25, 0.3) is 11.8 Å². The van der Waals surface area contributed by atoms with Gasteiger partial charge in [-0.1, -0.05) is 12.2 Å². The van der Waals surface area contributed by atoms with Gasteiger partial charge in [-0.25, -0.2) is 0 Å². The second-order valence-electron chi connectivity index (χ2n) is 17.0. The van der Waals surface area contributed by atoms with Gasteiger partial charge in [0.05, 0.1) is 30.2 Å². The van der Waals surface area contributed by atoms with Gasteiger partial charge in [-0.15, -0.1) is 0 Å². The number of rotatable bonds is 17. The molecule has 0 spiro atoms. The molecule has 7 rings (SSSR count). The third kappa shape index (κ3) is 9.31. The topological polar surface area (TPSA) is 367 Å². The molecule has 5 aliphatic rings. The number of fused-ring (bicyclic) bond motifs is 2. The zero-order valence-corrected chi connectivity index (χ0v) is 37.2. The van der Waals surface area contributed by atoms with E-state index in [1.165, 1.54) is 32.4 Å². The van der Waals surface area contributed by atoms with Crippen molar-refractivity contribution in [1.82, 2.24) is 20.9 Å². The van der Waals surface area contributed by atoms with E-state index in [2.05, 4.69) is 20.9 Å². The number of aliphatic imine (C=N–C) groups is 1. The standard InChI is InChI=1S/C46H56N8O14/c1-50-44(49)53-19-30-25(12-22(4-3-11-55)24-5-6-32(47)52-18-24)13-28-37(39(30)60)40(61)36-29(38(28)59)15-27(66-2)16-31(36)67-43-41(62)42(63)45(64,46(65,21-56)68-43)17-26(23-9-10-51-33(48)14-23)20-54-34(57)7-8-35(54)58/h5-9,13-16,18,22,26,32,41-43,51-52,55-56,60,62-65H,3-4,10-12,17,19-21,47-48H2,1-2H3,(H3,49,50,53)/t22-,26+,32?,41+,42+,43+,45-,46+/m0/s1. The van der Waals surface area contributed by atoms with E-state index in [0.717, 1.165) is 28.7 Å². The number of allylic oxidation sites excluding steroid dienone is 3. The first-order valence-corrected chi connectivity index (χ1v) is 21.7. The number of ether oxygens (including phenoxy) is 3. The van der Waals surface area contributed by atoms with E-state index in [0.29, 0.717) is 24.0 Å². The van der Waals surface area contributed by atoms with E-state index in [4.69, 9.17) is 31.4 Å². The average Bonchev–Trinajstić information content (AvgIpc) is 3.64. The van der Waals surface area contributed by atoms with Crippen LogP contribution in [0.4, 0.5) is 0 Å².